The first kappa shape index (κ1) is 10.6. The predicted octanol–water partition coefficient (Wildman–Crippen LogP) is 3.60. The first-order valence-corrected chi connectivity index (χ1v) is 4.88. The van der Waals surface area contributed by atoms with E-state index in [9.17, 15) is 13.2 Å². The zero-order chi connectivity index (χ0) is 10.0. The second-order valence-electron chi connectivity index (χ2n) is 2.84. The number of benzene rings is 1. The minimum atomic E-state index is -1.15. The molecule has 1 aromatic carbocycles. The SMILES string of the molecule is CC(CBr)c1cc(F)c(F)cc1F. The summed E-state index contributed by atoms with van der Waals surface area (Å²) in [5.41, 5.74) is 0.191. The van der Waals surface area contributed by atoms with E-state index >= 15 is 0 Å². The van der Waals surface area contributed by atoms with Crippen molar-refractivity contribution in [1.29, 1.82) is 0 Å². The van der Waals surface area contributed by atoms with E-state index in [0.717, 1.165) is 6.07 Å². The van der Waals surface area contributed by atoms with Crippen molar-refractivity contribution in [3.63, 3.8) is 0 Å². The highest BCUT2D eigenvalue weighted by molar-refractivity contribution is 9.09. The monoisotopic (exact) mass is 252 g/mol. The molecule has 13 heavy (non-hydrogen) atoms. The number of hydrogen-bond acceptors (Lipinski definition) is 0. The van der Waals surface area contributed by atoms with Crippen molar-refractivity contribution in [1.82, 2.24) is 0 Å². The average Bonchev–Trinajstić information content (AvgIpc) is 2.10. The van der Waals surface area contributed by atoms with Gasteiger partial charge in [0.1, 0.15) is 5.82 Å². The standard InChI is InChI=1S/C9H8BrF3/c1-5(4-10)6-2-8(12)9(13)3-7(6)11/h2-3,5H,4H2,1H3. The Hall–Kier alpha value is -0.510. The van der Waals surface area contributed by atoms with Gasteiger partial charge in [0.05, 0.1) is 0 Å². The Morgan fingerprint density at radius 3 is 2.23 bits per heavy atom. The Bertz CT molecular complexity index is 312. The number of halogens is 4. The zero-order valence-corrected chi connectivity index (χ0v) is 8.54. The maximum atomic E-state index is 13.0. The Morgan fingerprint density at radius 2 is 1.69 bits per heavy atom. The molecule has 4 heteroatoms. The summed E-state index contributed by atoms with van der Waals surface area (Å²) in [4.78, 5) is 0. The third-order valence-electron chi connectivity index (χ3n) is 1.80. The van der Waals surface area contributed by atoms with Crippen molar-refractivity contribution >= 4 is 15.9 Å². The van der Waals surface area contributed by atoms with Gasteiger partial charge in [0.2, 0.25) is 0 Å². The Morgan fingerprint density at radius 1 is 1.15 bits per heavy atom. The normalized spacial score (nSPS) is 13.0. The molecule has 0 fully saturated rings. The minimum Gasteiger partial charge on any atom is -0.207 e. The third-order valence-corrected chi connectivity index (χ3v) is 2.77. The molecule has 0 aromatic heterocycles. The van der Waals surface area contributed by atoms with E-state index in [2.05, 4.69) is 15.9 Å². The van der Waals surface area contributed by atoms with Gasteiger partial charge in [-0.05, 0) is 17.5 Å². The van der Waals surface area contributed by atoms with E-state index in [-0.39, 0.29) is 11.5 Å². The minimum absolute atomic E-state index is 0.171. The van der Waals surface area contributed by atoms with Gasteiger partial charge in [-0.1, -0.05) is 22.9 Å². The molecule has 0 saturated carbocycles. The molecule has 1 aromatic rings. The van der Waals surface area contributed by atoms with Gasteiger partial charge >= 0.3 is 0 Å². The maximum Gasteiger partial charge on any atom is 0.161 e. The van der Waals surface area contributed by atoms with E-state index in [1.807, 2.05) is 0 Å². The van der Waals surface area contributed by atoms with Crippen LogP contribution in [0.4, 0.5) is 13.2 Å². The molecule has 72 valence electrons. The van der Waals surface area contributed by atoms with Crippen molar-refractivity contribution in [2.24, 2.45) is 0 Å². The molecule has 0 spiro atoms. The molecule has 0 nitrogen and oxygen atoms in total. The van der Waals surface area contributed by atoms with Crippen LogP contribution in [-0.2, 0) is 0 Å². The summed E-state index contributed by atoms with van der Waals surface area (Å²) >= 11 is 3.15. The van der Waals surface area contributed by atoms with E-state index in [4.69, 9.17) is 0 Å². The lowest BCUT2D eigenvalue weighted by Crippen LogP contribution is -2.01. The number of alkyl halides is 1. The van der Waals surface area contributed by atoms with Crippen molar-refractivity contribution in [2.75, 3.05) is 5.33 Å². The van der Waals surface area contributed by atoms with Gasteiger partial charge in [-0.3, -0.25) is 0 Å². The fraction of sp³-hybridized carbons (Fsp3) is 0.333. The molecule has 0 N–H and O–H groups in total. The number of rotatable bonds is 2. The quantitative estimate of drug-likeness (QED) is 0.558. The van der Waals surface area contributed by atoms with Gasteiger partial charge in [-0.25, -0.2) is 13.2 Å². The van der Waals surface area contributed by atoms with Gasteiger partial charge in [0, 0.05) is 11.4 Å². The highest BCUT2D eigenvalue weighted by Gasteiger charge is 2.14. The highest BCUT2D eigenvalue weighted by Crippen LogP contribution is 2.23. The fourth-order valence-electron chi connectivity index (χ4n) is 0.999. The molecular formula is C9H8BrF3. The molecule has 0 bridgehead atoms. The highest BCUT2D eigenvalue weighted by atomic mass is 79.9. The Labute approximate surface area is 82.9 Å². The van der Waals surface area contributed by atoms with Crippen LogP contribution in [0.15, 0.2) is 12.1 Å². The second-order valence-corrected chi connectivity index (χ2v) is 3.49. The van der Waals surface area contributed by atoms with Crippen LogP contribution in [0, 0.1) is 17.5 Å². The summed E-state index contributed by atoms with van der Waals surface area (Å²) in [5.74, 6) is -3.03. The maximum absolute atomic E-state index is 13.0. The van der Waals surface area contributed by atoms with E-state index in [1.165, 1.54) is 0 Å². The molecule has 1 unspecified atom stereocenters. The first-order chi connectivity index (χ1) is 6.06. The topological polar surface area (TPSA) is 0 Å². The van der Waals surface area contributed by atoms with Crippen LogP contribution in [0.1, 0.15) is 18.4 Å². The van der Waals surface area contributed by atoms with Crippen LogP contribution in [0.25, 0.3) is 0 Å². The molecule has 0 amide bonds. The van der Waals surface area contributed by atoms with E-state index in [0.29, 0.717) is 11.4 Å². The third kappa shape index (κ3) is 2.24. The van der Waals surface area contributed by atoms with Gasteiger partial charge in [-0.2, -0.15) is 0 Å². The van der Waals surface area contributed by atoms with Crippen LogP contribution >= 0.6 is 15.9 Å². The van der Waals surface area contributed by atoms with Crippen molar-refractivity contribution in [3.05, 3.63) is 35.1 Å². The average molecular weight is 253 g/mol. The zero-order valence-electron chi connectivity index (χ0n) is 6.95. The second kappa shape index (κ2) is 4.13. The molecule has 1 atom stereocenters. The molecular weight excluding hydrogens is 245 g/mol. The van der Waals surface area contributed by atoms with Gasteiger partial charge < -0.3 is 0 Å². The van der Waals surface area contributed by atoms with E-state index in [1.54, 1.807) is 6.92 Å². The Balaban J connectivity index is 3.15. The van der Waals surface area contributed by atoms with Gasteiger partial charge in [-0.15, -0.1) is 0 Å². The summed E-state index contributed by atoms with van der Waals surface area (Å²) in [5, 5.41) is 0.509. The van der Waals surface area contributed by atoms with Crippen LogP contribution in [0.2, 0.25) is 0 Å². The lowest BCUT2D eigenvalue weighted by atomic mass is 10.0. The lowest BCUT2D eigenvalue weighted by molar-refractivity contribution is 0.487. The van der Waals surface area contributed by atoms with Crippen molar-refractivity contribution in [2.45, 2.75) is 12.8 Å². The Kier molecular flexibility index (Phi) is 3.36. The predicted molar refractivity (Wildman–Crippen MR) is 48.5 cm³/mol. The smallest absolute Gasteiger partial charge is 0.161 e. The molecule has 0 heterocycles. The van der Waals surface area contributed by atoms with Crippen molar-refractivity contribution < 1.29 is 13.2 Å². The molecule has 1 rings (SSSR count). The summed E-state index contributed by atoms with van der Waals surface area (Å²) in [6, 6.07) is 1.47. The van der Waals surface area contributed by atoms with Crippen LogP contribution in [0.5, 0.6) is 0 Å². The molecule has 0 aliphatic rings. The molecule has 0 radical (unpaired) electrons. The summed E-state index contributed by atoms with van der Waals surface area (Å²) in [6.07, 6.45) is 0. The van der Waals surface area contributed by atoms with Crippen LogP contribution in [0.3, 0.4) is 0 Å². The first-order valence-electron chi connectivity index (χ1n) is 3.76. The van der Waals surface area contributed by atoms with Gasteiger partial charge in [0.15, 0.2) is 11.6 Å². The largest absolute Gasteiger partial charge is 0.207 e. The van der Waals surface area contributed by atoms with Gasteiger partial charge in [0.25, 0.3) is 0 Å². The summed E-state index contributed by atoms with van der Waals surface area (Å²) < 4.78 is 38.2. The lowest BCUT2D eigenvalue weighted by Gasteiger charge is -2.09. The summed E-state index contributed by atoms with van der Waals surface area (Å²) in [7, 11) is 0. The fourth-order valence-corrected chi connectivity index (χ4v) is 1.35. The molecule has 0 aliphatic carbocycles. The van der Waals surface area contributed by atoms with Crippen LogP contribution in [-0.4, -0.2) is 5.33 Å². The molecule has 0 aliphatic heterocycles. The van der Waals surface area contributed by atoms with Crippen molar-refractivity contribution in [3.8, 4) is 0 Å². The van der Waals surface area contributed by atoms with Crippen LogP contribution < -0.4 is 0 Å². The summed E-state index contributed by atoms with van der Waals surface area (Å²) in [6.45, 7) is 1.73. The number of hydrogen-bond donors (Lipinski definition) is 0. The molecule has 0 saturated heterocycles. The van der Waals surface area contributed by atoms with E-state index < -0.39 is 17.5 Å².